The lowest BCUT2D eigenvalue weighted by molar-refractivity contribution is -0.137. The van der Waals surface area contributed by atoms with Crippen LogP contribution in [0.25, 0.3) is 0 Å². The predicted octanol–water partition coefficient (Wildman–Crippen LogP) is 3.32. The predicted molar refractivity (Wildman–Crippen MR) is 78.3 cm³/mol. The zero-order valence-corrected chi connectivity index (χ0v) is 12.4. The van der Waals surface area contributed by atoms with Gasteiger partial charge in [0, 0.05) is 12.6 Å². The molecule has 0 aliphatic carbocycles. The van der Waals surface area contributed by atoms with E-state index in [1.165, 1.54) is 25.9 Å². The van der Waals surface area contributed by atoms with Gasteiger partial charge in [0.25, 0.3) is 0 Å². The topological polar surface area (TPSA) is 15.3 Å². The van der Waals surface area contributed by atoms with Crippen LogP contribution in [0, 0.1) is 0 Å². The maximum absolute atomic E-state index is 12.5. The van der Waals surface area contributed by atoms with Gasteiger partial charge < -0.3 is 10.2 Å². The number of rotatable bonds is 6. The zero-order chi connectivity index (χ0) is 15.3. The first kappa shape index (κ1) is 16.3. The highest BCUT2D eigenvalue weighted by atomic mass is 19.4. The van der Waals surface area contributed by atoms with Crippen LogP contribution in [-0.2, 0) is 12.6 Å². The van der Waals surface area contributed by atoms with E-state index >= 15 is 0 Å². The van der Waals surface area contributed by atoms with Crippen molar-refractivity contribution >= 4 is 0 Å². The monoisotopic (exact) mass is 300 g/mol. The van der Waals surface area contributed by atoms with Crippen LogP contribution in [-0.4, -0.2) is 37.1 Å². The van der Waals surface area contributed by atoms with Gasteiger partial charge in [0.05, 0.1) is 5.56 Å². The number of hydrogen-bond donors (Lipinski definition) is 1. The van der Waals surface area contributed by atoms with E-state index < -0.39 is 11.7 Å². The van der Waals surface area contributed by atoms with Crippen molar-refractivity contribution in [2.45, 2.75) is 38.4 Å². The summed E-state index contributed by atoms with van der Waals surface area (Å²) in [7, 11) is 0. The fraction of sp³-hybridized carbons (Fsp3) is 0.625. The molecule has 2 rings (SSSR count). The van der Waals surface area contributed by atoms with E-state index in [0.717, 1.165) is 37.2 Å². The molecule has 0 saturated carbocycles. The first-order chi connectivity index (χ1) is 9.95. The number of nitrogens with one attached hydrogen (secondary N) is 1. The van der Waals surface area contributed by atoms with Gasteiger partial charge in [-0.25, -0.2) is 0 Å². The van der Waals surface area contributed by atoms with Gasteiger partial charge in [-0.2, -0.15) is 13.2 Å². The lowest BCUT2D eigenvalue weighted by Crippen LogP contribution is -2.38. The van der Waals surface area contributed by atoms with Gasteiger partial charge in [-0.3, -0.25) is 0 Å². The Morgan fingerprint density at radius 2 is 1.76 bits per heavy atom. The Morgan fingerprint density at radius 3 is 2.33 bits per heavy atom. The van der Waals surface area contributed by atoms with Gasteiger partial charge in [0.15, 0.2) is 0 Å². The van der Waals surface area contributed by atoms with Crippen molar-refractivity contribution in [3.63, 3.8) is 0 Å². The summed E-state index contributed by atoms with van der Waals surface area (Å²) in [4.78, 5) is 2.45. The molecule has 1 atom stereocenters. The lowest BCUT2D eigenvalue weighted by atomic mass is 10.1. The molecule has 1 aromatic carbocycles. The molecule has 118 valence electrons. The average Bonchev–Trinajstić information content (AvgIpc) is 2.91. The fourth-order valence-corrected chi connectivity index (χ4v) is 2.74. The Bertz CT molecular complexity index is 422. The molecule has 0 bridgehead atoms. The highest BCUT2D eigenvalue weighted by Crippen LogP contribution is 2.29. The van der Waals surface area contributed by atoms with Crippen LogP contribution in [0.4, 0.5) is 13.2 Å². The average molecular weight is 300 g/mol. The van der Waals surface area contributed by atoms with Gasteiger partial charge in [-0.05, 0) is 63.5 Å². The molecule has 1 unspecified atom stereocenters. The molecule has 1 fully saturated rings. The van der Waals surface area contributed by atoms with Crippen molar-refractivity contribution in [2.24, 2.45) is 0 Å². The third-order valence-corrected chi connectivity index (χ3v) is 3.92. The van der Waals surface area contributed by atoms with Gasteiger partial charge in [-0.1, -0.05) is 12.1 Å². The SMILES string of the molecule is CC(CN1CCCC1)NCCc1ccc(C(F)(F)F)cc1. The Balaban J connectivity index is 1.70. The maximum Gasteiger partial charge on any atom is 0.416 e. The molecular weight excluding hydrogens is 277 g/mol. The van der Waals surface area contributed by atoms with Gasteiger partial charge in [-0.15, -0.1) is 0 Å². The Morgan fingerprint density at radius 1 is 1.14 bits per heavy atom. The summed E-state index contributed by atoms with van der Waals surface area (Å²) >= 11 is 0. The van der Waals surface area contributed by atoms with Crippen LogP contribution in [0.3, 0.4) is 0 Å². The van der Waals surface area contributed by atoms with Crippen LogP contribution in [0.5, 0.6) is 0 Å². The molecular formula is C16H23F3N2. The van der Waals surface area contributed by atoms with Gasteiger partial charge >= 0.3 is 6.18 Å². The number of alkyl halides is 3. The standard InChI is InChI=1S/C16H23F3N2/c1-13(12-21-10-2-3-11-21)20-9-8-14-4-6-15(7-5-14)16(17,18)19/h4-7,13,20H,2-3,8-12H2,1H3. The molecule has 2 nitrogen and oxygen atoms in total. The number of nitrogens with zero attached hydrogens (tertiary/aromatic N) is 1. The third kappa shape index (κ3) is 5.32. The van der Waals surface area contributed by atoms with E-state index in [-0.39, 0.29) is 0 Å². The zero-order valence-electron chi connectivity index (χ0n) is 12.4. The highest BCUT2D eigenvalue weighted by Gasteiger charge is 2.29. The van der Waals surface area contributed by atoms with Gasteiger partial charge in [0.1, 0.15) is 0 Å². The van der Waals surface area contributed by atoms with Crippen molar-refractivity contribution in [2.75, 3.05) is 26.2 Å². The van der Waals surface area contributed by atoms with E-state index in [9.17, 15) is 13.2 Å². The van der Waals surface area contributed by atoms with Crippen LogP contribution >= 0.6 is 0 Å². The smallest absolute Gasteiger partial charge is 0.313 e. The number of halogens is 3. The molecule has 21 heavy (non-hydrogen) atoms. The summed E-state index contributed by atoms with van der Waals surface area (Å²) in [6.45, 7) is 6.37. The van der Waals surface area contributed by atoms with E-state index in [1.54, 1.807) is 12.1 Å². The normalized spacial score (nSPS) is 18.1. The molecule has 1 N–H and O–H groups in total. The fourth-order valence-electron chi connectivity index (χ4n) is 2.74. The van der Waals surface area contributed by atoms with Crippen LogP contribution in [0.1, 0.15) is 30.9 Å². The molecule has 0 aromatic heterocycles. The molecule has 5 heteroatoms. The number of likely N-dealkylation sites (tertiary alicyclic amines) is 1. The van der Waals surface area contributed by atoms with Gasteiger partial charge in [0.2, 0.25) is 0 Å². The van der Waals surface area contributed by atoms with E-state index in [2.05, 4.69) is 17.1 Å². The molecule has 1 heterocycles. The second kappa shape index (κ2) is 7.27. The minimum absolute atomic E-state index is 0.414. The third-order valence-electron chi connectivity index (χ3n) is 3.92. The van der Waals surface area contributed by atoms with E-state index in [0.29, 0.717) is 6.04 Å². The molecule has 0 radical (unpaired) electrons. The molecule has 0 spiro atoms. The molecule has 0 amide bonds. The summed E-state index contributed by atoms with van der Waals surface area (Å²) in [6, 6.07) is 5.86. The largest absolute Gasteiger partial charge is 0.416 e. The summed E-state index contributed by atoms with van der Waals surface area (Å²) in [5, 5.41) is 3.44. The van der Waals surface area contributed by atoms with Crippen molar-refractivity contribution < 1.29 is 13.2 Å². The Kier molecular flexibility index (Phi) is 5.65. The second-order valence-electron chi connectivity index (χ2n) is 5.81. The highest BCUT2D eigenvalue weighted by molar-refractivity contribution is 5.24. The van der Waals surface area contributed by atoms with Crippen molar-refractivity contribution in [3.05, 3.63) is 35.4 Å². The number of benzene rings is 1. The second-order valence-corrected chi connectivity index (χ2v) is 5.81. The van der Waals surface area contributed by atoms with Crippen molar-refractivity contribution in [3.8, 4) is 0 Å². The number of hydrogen-bond acceptors (Lipinski definition) is 2. The summed E-state index contributed by atoms with van der Waals surface area (Å²) in [5.41, 5.74) is 0.352. The molecule has 1 aromatic rings. The van der Waals surface area contributed by atoms with E-state index in [1.807, 2.05) is 0 Å². The van der Waals surface area contributed by atoms with E-state index in [4.69, 9.17) is 0 Å². The minimum atomic E-state index is -4.25. The maximum atomic E-state index is 12.5. The van der Waals surface area contributed by atoms with Crippen LogP contribution in [0.2, 0.25) is 0 Å². The molecule has 1 saturated heterocycles. The van der Waals surface area contributed by atoms with Crippen LogP contribution in [0.15, 0.2) is 24.3 Å². The summed E-state index contributed by atoms with van der Waals surface area (Å²) < 4.78 is 37.4. The molecule has 1 aliphatic heterocycles. The van der Waals surface area contributed by atoms with Crippen LogP contribution < -0.4 is 5.32 Å². The van der Waals surface area contributed by atoms with Crippen molar-refractivity contribution in [1.29, 1.82) is 0 Å². The lowest BCUT2D eigenvalue weighted by Gasteiger charge is -2.21. The molecule has 1 aliphatic rings. The summed E-state index contributed by atoms with van der Waals surface area (Å²) in [6.07, 6.45) is -0.917. The Hall–Kier alpha value is -1.07. The minimum Gasteiger partial charge on any atom is -0.313 e. The Labute approximate surface area is 124 Å². The first-order valence-electron chi connectivity index (χ1n) is 7.57. The first-order valence-corrected chi connectivity index (χ1v) is 7.57. The quantitative estimate of drug-likeness (QED) is 0.867. The van der Waals surface area contributed by atoms with Crippen molar-refractivity contribution in [1.82, 2.24) is 10.2 Å². The summed E-state index contributed by atoms with van der Waals surface area (Å²) in [5.74, 6) is 0.